The highest BCUT2D eigenvalue weighted by atomic mass is 32.1. The lowest BCUT2D eigenvalue weighted by Gasteiger charge is -2.07. The van der Waals surface area contributed by atoms with Gasteiger partial charge in [0.15, 0.2) is 0 Å². The molecule has 1 aromatic heterocycles. The van der Waals surface area contributed by atoms with Crippen molar-refractivity contribution >= 4 is 29.0 Å². The van der Waals surface area contributed by atoms with Crippen molar-refractivity contribution in [1.29, 1.82) is 0 Å². The summed E-state index contributed by atoms with van der Waals surface area (Å²) in [6.07, 6.45) is 0. The summed E-state index contributed by atoms with van der Waals surface area (Å²) in [4.78, 5) is 23.5. The summed E-state index contributed by atoms with van der Waals surface area (Å²) in [7, 11) is 0. The predicted molar refractivity (Wildman–Crippen MR) is 78.3 cm³/mol. The van der Waals surface area contributed by atoms with Crippen molar-refractivity contribution < 1.29 is 14.7 Å². The second-order valence-corrected chi connectivity index (χ2v) is 5.22. The largest absolute Gasteiger partial charge is 0.478 e. The van der Waals surface area contributed by atoms with E-state index in [9.17, 15) is 9.59 Å². The number of aryl methyl sites for hydroxylation is 1. The number of hydrogen-bond acceptors (Lipinski definition) is 3. The molecule has 1 heterocycles. The fraction of sp³-hybridized carbons (Fsp3) is 0.143. The Morgan fingerprint density at radius 2 is 1.90 bits per heavy atom. The Hall–Kier alpha value is -2.34. The number of nitrogens with one attached hydrogen (secondary N) is 2. The standard InChI is InChI=1S/C14H14N2O3S/c1-9-6-7-20-12(9)8-15-14(19)16-11-4-2-10(3-5-11)13(17)18/h2-7H,8H2,1H3,(H,17,18)(H2,15,16,19). The molecule has 2 rings (SSSR count). The molecule has 20 heavy (non-hydrogen) atoms. The van der Waals surface area contributed by atoms with Crippen molar-refractivity contribution in [2.45, 2.75) is 13.5 Å². The number of hydrogen-bond donors (Lipinski definition) is 3. The van der Waals surface area contributed by atoms with Crippen LogP contribution in [0.1, 0.15) is 20.8 Å². The fourth-order valence-corrected chi connectivity index (χ4v) is 2.46. The second kappa shape index (κ2) is 6.21. The summed E-state index contributed by atoms with van der Waals surface area (Å²) in [5.41, 5.74) is 1.89. The van der Waals surface area contributed by atoms with Crippen LogP contribution in [0.15, 0.2) is 35.7 Å². The molecule has 104 valence electrons. The molecule has 0 bridgehead atoms. The Labute approximate surface area is 120 Å². The van der Waals surface area contributed by atoms with Gasteiger partial charge in [0, 0.05) is 10.6 Å². The quantitative estimate of drug-likeness (QED) is 0.809. The van der Waals surface area contributed by atoms with E-state index in [-0.39, 0.29) is 11.6 Å². The molecule has 0 saturated heterocycles. The monoisotopic (exact) mass is 290 g/mol. The zero-order valence-corrected chi connectivity index (χ0v) is 11.7. The van der Waals surface area contributed by atoms with Crippen LogP contribution in [0.2, 0.25) is 0 Å². The van der Waals surface area contributed by atoms with Crippen molar-refractivity contribution in [3.8, 4) is 0 Å². The van der Waals surface area contributed by atoms with Gasteiger partial charge < -0.3 is 15.7 Å². The van der Waals surface area contributed by atoms with Crippen LogP contribution in [0.5, 0.6) is 0 Å². The first-order chi connectivity index (χ1) is 9.56. The average Bonchev–Trinajstić information content (AvgIpc) is 2.82. The second-order valence-electron chi connectivity index (χ2n) is 4.22. The van der Waals surface area contributed by atoms with Crippen LogP contribution in [-0.2, 0) is 6.54 Å². The van der Waals surface area contributed by atoms with Crippen LogP contribution in [-0.4, -0.2) is 17.1 Å². The van der Waals surface area contributed by atoms with E-state index in [4.69, 9.17) is 5.11 Å². The topological polar surface area (TPSA) is 78.4 Å². The number of amides is 2. The van der Waals surface area contributed by atoms with E-state index >= 15 is 0 Å². The molecule has 2 aromatic rings. The van der Waals surface area contributed by atoms with Gasteiger partial charge in [-0.2, -0.15) is 0 Å². The summed E-state index contributed by atoms with van der Waals surface area (Å²) in [6.45, 7) is 2.47. The van der Waals surface area contributed by atoms with Crippen molar-refractivity contribution in [2.75, 3.05) is 5.32 Å². The third-order valence-corrected chi connectivity index (χ3v) is 3.79. The van der Waals surface area contributed by atoms with Gasteiger partial charge in [0.25, 0.3) is 0 Å². The molecular weight excluding hydrogens is 276 g/mol. The lowest BCUT2D eigenvalue weighted by Crippen LogP contribution is -2.28. The fourth-order valence-electron chi connectivity index (χ4n) is 1.62. The number of carbonyl (C=O) groups is 2. The number of urea groups is 1. The molecule has 2 amide bonds. The molecule has 0 aliphatic rings. The normalized spacial score (nSPS) is 10.1. The van der Waals surface area contributed by atoms with Crippen LogP contribution in [0.25, 0.3) is 0 Å². The van der Waals surface area contributed by atoms with Gasteiger partial charge in [-0.3, -0.25) is 0 Å². The van der Waals surface area contributed by atoms with Crippen LogP contribution in [0.4, 0.5) is 10.5 Å². The minimum Gasteiger partial charge on any atom is -0.478 e. The summed E-state index contributed by atoms with van der Waals surface area (Å²) < 4.78 is 0. The first kappa shape index (κ1) is 14.1. The van der Waals surface area contributed by atoms with E-state index in [2.05, 4.69) is 10.6 Å². The summed E-state index contributed by atoms with van der Waals surface area (Å²) in [6, 6.07) is 7.69. The van der Waals surface area contributed by atoms with Gasteiger partial charge in [-0.1, -0.05) is 0 Å². The Kier molecular flexibility index (Phi) is 4.37. The van der Waals surface area contributed by atoms with E-state index in [0.29, 0.717) is 12.2 Å². The SMILES string of the molecule is Cc1ccsc1CNC(=O)Nc1ccc(C(=O)O)cc1. The molecule has 0 spiro atoms. The minimum absolute atomic E-state index is 0.185. The first-order valence-electron chi connectivity index (χ1n) is 5.97. The summed E-state index contributed by atoms with van der Waals surface area (Å²) in [5, 5.41) is 16.2. The van der Waals surface area contributed by atoms with Crippen LogP contribution >= 0.6 is 11.3 Å². The predicted octanol–water partition coefficient (Wildman–Crippen LogP) is 3.08. The number of thiophene rings is 1. The van der Waals surface area contributed by atoms with Gasteiger partial charge in [0.2, 0.25) is 0 Å². The summed E-state index contributed by atoms with van der Waals surface area (Å²) >= 11 is 1.60. The van der Waals surface area contributed by atoms with E-state index in [0.717, 1.165) is 10.4 Å². The first-order valence-corrected chi connectivity index (χ1v) is 6.85. The van der Waals surface area contributed by atoms with Gasteiger partial charge in [-0.05, 0) is 48.2 Å². The maximum Gasteiger partial charge on any atom is 0.335 e. The highest BCUT2D eigenvalue weighted by Crippen LogP contribution is 2.15. The average molecular weight is 290 g/mol. The zero-order chi connectivity index (χ0) is 14.5. The van der Waals surface area contributed by atoms with Crippen molar-refractivity contribution in [2.24, 2.45) is 0 Å². The van der Waals surface area contributed by atoms with Crippen LogP contribution in [0, 0.1) is 6.92 Å². The van der Waals surface area contributed by atoms with E-state index in [1.54, 1.807) is 23.5 Å². The maximum absolute atomic E-state index is 11.7. The van der Waals surface area contributed by atoms with Crippen LogP contribution in [0.3, 0.4) is 0 Å². The molecule has 5 nitrogen and oxygen atoms in total. The number of anilines is 1. The number of carboxylic acid groups (broad SMARTS) is 1. The van der Waals surface area contributed by atoms with Gasteiger partial charge in [-0.15, -0.1) is 11.3 Å². The highest BCUT2D eigenvalue weighted by Gasteiger charge is 2.06. The number of carboxylic acids is 1. The van der Waals surface area contributed by atoms with E-state index in [1.165, 1.54) is 12.1 Å². The molecule has 0 saturated carbocycles. The minimum atomic E-state index is -0.992. The third kappa shape index (κ3) is 3.58. The maximum atomic E-state index is 11.7. The third-order valence-electron chi connectivity index (χ3n) is 2.77. The molecule has 0 aliphatic heterocycles. The molecule has 1 aromatic carbocycles. The molecule has 0 atom stereocenters. The lowest BCUT2D eigenvalue weighted by atomic mass is 10.2. The lowest BCUT2D eigenvalue weighted by molar-refractivity contribution is 0.0697. The molecule has 0 radical (unpaired) electrons. The Bertz CT molecular complexity index is 620. The van der Waals surface area contributed by atoms with E-state index in [1.807, 2.05) is 18.4 Å². The van der Waals surface area contributed by atoms with Crippen LogP contribution < -0.4 is 10.6 Å². The highest BCUT2D eigenvalue weighted by molar-refractivity contribution is 7.10. The Balaban J connectivity index is 1.88. The van der Waals surface area contributed by atoms with Crippen molar-refractivity contribution in [3.63, 3.8) is 0 Å². The molecule has 0 unspecified atom stereocenters. The number of aromatic carboxylic acids is 1. The summed E-state index contributed by atoms with van der Waals surface area (Å²) in [5.74, 6) is -0.992. The molecule has 0 fully saturated rings. The van der Waals surface area contributed by atoms with Crippen molar-refractivity contribution in [1.82, 2.24) is 5.32 Å². The molecule has 3 N–H and O–H groups in total. The number of rotatable bonds is 4. The molecule has 6 heteroatoms. The van der Waals surface area contributed by atoms with Gasteiger partial charge in [-0.25, -0.2) is 9.59 Å². The Morgan fingerprint density at radius 3 is 2.45 bits per heavy atom. The Morgan fingerprint density at radius 1 is 1.20 bits per heavy atom. The zero-order valence-electron chi connectivity index (χ0n) is 10.8. The van der Waals surface area contributed by atoms with E-state index < -0.39 is 5.97 Å². The van der Waals surface area contributed by atoms with Crippen molar-refractivity contribution in [3.05, 3.63) is 51.7 Å². The molecule has 0 aliphatic carbocycles. The number of carbonyl (C=O) groups excluding carboxylic acids is 1. The molecular formula is C14H14N2O3S. The number of benzene rings is 1. The smallest absolute Gasteiger partial charge is 0.335 e. The van der Waals surface area contributed by atoms with Gasteiger partial charge in [0.05, 0.1) is 12.1 Å². The van der Waals surface area contributed by atoms with Gasteiger partial charge >= 0.3 is 12.0 Å². The van der Waals surface area contributed by atoms with Gasteiger partial charge in [0.1, 0.15) is 0 Å².